The van der Waals surface area contributed by atoms with E-state index in [9.17, 15) is 22.0 Å². The highest BCUT2D eigenvalue weighted by Gasteiger charge is 2.46. The first-order valence-corrected chi connectivity index (χ1v) is 12.6. The standard InChI is InChI=1S/C17H27ClN4O5S2/c1-16(2)8-10(9-17(3,4)22(16)23)5-15-20-12-6-11(18)13(28(19,24)25)7-14(12)29(26,27)21-15/h6-7,10,15,20-21,23H,5,8-9H2,1-4H3,(H2,19,24,25). The van der Waals surface area contributed by atoms with Gasteiger partial charge in [0.05, 0.1) is 16.9 Å². The van der Waals surface area contributed by atoms with Crippen LogP contribution in [0.25, 0.3) is 0 Å². The summed E-state index contributed by atoms with van der Waals surface area (Å²) in [5, 5.41) is 19.9. The summed E-state index contributed by atoms with van der Waals surface area (Å²) >= 11 is 6.02. The monoisotopic (exact) mass is 466 g/mol. The van der Waals surface area contributed by atoms with Gasteiger partial charge in [-0.15, -0.1) is 0 Å². The van der Waals surface area contributed by atoms with E-state index in [0.717, 1.165) is 6.07 Å². The number of anilines is 1. The molecule has 1 atom stereocenters. The minimum atomic E-state index is -4.16. The molecule has 164 valence electrons. The van der Waals surface area contributed by atoms with Gasteiger partial charge in [-0.3, -0.25) is 0 Å². The number of nitrogens with one attached hydrogen (secondary N) is 2. The molecular formula is C17H27ClN4O5S2. The Morgan fingerprint density at radius 1 is 1.24 bits per heavy atom. The first kappa shape index (κ1) is 22.7. The highest BCUT2D eigenvalue weighted by Crippen LogP contribution is 2.42. The number of rotatable bonds is 3. The number of fused-ring (bicyclic) bond motifs is 1. The van der Waals surface area contributed by atoms with Crippen molar-refractivity contribution in [1.29, 1.82) is 0 Å². The van der Waals surface area contributed by atoms with Gasteiger partial charge in [0.1, 0.15) is 9.79 Å². The molecule has 0 saturated carbocycles. The number of halogens is 1. The van der Waals surface area contributed by atoms with Gasteiger partial charge in [-0.25, -0.2) is 22.0 Å². The second-order valence-electron chi connectivity index (χ2n) is 9.09. The third kappa shape index (κ3) is 4.41. The first-order valence-electron chi connectivity index (χ1n) is 9.17. The Morgan fingerprint density at radius 2 is 1.79 bits per heavy atom. The molecule has 2 aliphatic rings. The van der Waals surface area contributed by atoms with E-state index in [-0.39, 0.29) is 21.5 Å². The number of sulfonamides is 2. The fourth-order valence-corrected chi connectivity index (χ4v) is 7.15. The lowest BCUT2D eigenvalue weighted by Gasteiger charge is -2.52. The summed E-state index contributed by atoms with van der Waals surface area (Å²) < 4.78 is 51.4. The molecule has 0 amide bonds. The Balaban J connectivity index is 1.89. The average molecular weight is 467 g/mol. The minimum Gasteiger partial charge on any atom is -0.368 e. The van der Waals surface area contributed by atoms with E-state index in [4.69, 9.17) is 16.7 Å². The molecule has 2 heterocycles. The van der Waals surface area contributed by atoms with Crippen LogP contribution in [0.3, 0.4) is 0 Å². The maximum atomic E-state index is 12.7. The van der Waals surface area contributed by atoms with Gasteiger partial charge in [0, 0.05) is 11.1 Å². The topological polar surface area (TPSA) is 142 Å². The summed E-state index contributed by atoms with van der Waals surface area (Å²) in [6, 6.07) is 2.24. The fourth-order valence-electron chi connectivity index (χ4n) is 4.64. The fraction of sp³-hybridized carbons (Fsp3) is 0.647. The van der Waals surface area contributed by atoms with E-state index in [0.29, 0.717) is 19.3 Å². The molecule has 2 aliphatic heterocycles. The first-order chi connectivity index (χ1) is 13.0. The van der Waals surface area contributed by atoms with Gasteiger partial charge in [-0.2, -0.15) is 9.79 Å². The molecule has 0 aliphatic carbocycles. The molecule has 1 fully saturated rings. The lowest BCUT2D eigenvalue weighted by atomic mass is 9.74. The maximum absolute atomic E-state index is 12.7. The third-order valence-corrected chi connectivity index (χ3v) is 8.44. The quantitative estimate of drug-likeness (QED) is 0.534. The van der Waals surface area contributed by atoms with Crippen molar-refractivity contribution < 1.29 is 22.0 Å². The van der Waals surface area contributed by atoms with E-state index < -0.39 is 42.2 Å². The van der Waals surface area contributed by atoms with Crippen LogP contribution < -0.4 is 15.2 Å². The number of hydroxylamine groups is 2. The number of nitrogens with zero attached hydrogens (tertiary/aromatic N) is 1. The van der Waals surface area contributed by atoms with Crippen LogP contribution in [0.5, 0.6) is 0 Å². The Kier molecular flexibility index (Phi) is 5.52. The van der Waals surface area contributed by atoms with Crippen LogP contribution >= 0.6 is 11.6 Å². The molecule has 12 heteroatoms. The van der Waals surface area contributed by atoms with Crippen molar-refractivity contribution in [3.8, 4) is 0 Å². The van der Waals surface area contributed by atoms with Crippen LogP contribution in [0.15, 0.2) is 21.9 Å². The molecule has 0 radical (unpaired) electrons. The van der Waals surface area contributed by atoms with Crippen molar-refractivity contribution in [1.82, 2.24) is 9.79 Å². The molecule has 1 aromatic rings. The van der Waals surface area contributed by atoms with Crippen LogP contribution in [0.4, 0.5) is 5.69 Å². The summed E-state index contributed by atoms with van der Waals surface area (Å²) in [5.41, 5.74) is -0.679. The zero-order valence-corrected chi connectivity index (χ0v) is 19.1. The zero-order valence-electron chi connectivity index (χ0n) is 16.7. The van der Waals surface area contributed by atoms with Gasteiger partial charge in [-0.1, -0.05) is 11.6 Å². The second kappa shape index (κ2) is 7.04. The number of primary sulfonamides is 1. The molecule has 3 rings (SSSR count). The van der Waals surface area contributed by atoms with Crippen molar-refractivity contribution in [2.24, 2.45) is 11.1 Å². The molecule has 5 N–H and O–H groups in total. The predicted octanol–water partition coefficient (Wildman–Crippen LogP) is 2.07. The number of piperidine rings is 1. The number of hydrogen-bond donors (Lipinski definition) is 4. The average Bonchev–Trinajstić information content (AvgIpc) is 2.49. The van der Waals surface area contributed by atoms with Crippen LogP contribution in [-0.4, -0.2) is 44.3 Å². The Morgan fingerprint density at radius 3 is 2.31 bits per heavy atom. The molecule has 29 heavy (non-hydrogen) atoms. The van der Waals surface area contributed by atoms with Crippen molar-refractivity contribution in [3.63, 3.8) is 0 Å². The van der Waals surface area contributed by atoms with Gasteiger partial charge >= 0.3 is 0 Å². The summed E-state index contributed by atoms with van der Waals surface area (Å²) in [6.45, 7) is 7.79. The molecule has 1 unspecified atom stereocenters. The number of hydrogen-bond acceptors (Lipinski definition) is 7. The Bertz CT molecular complexity index is 1020. The summed E-state index contributed by atoms with van der Waals surface area (Å²) in [6.07, 6.45) is 1.27. The predicted molar refractivity (Wildman–Crippen MR) is 110 cm³/mol. The molecular weight excluding hydrogens is 440 g/mol. The van der Waals surface area contributed by atoms with Crippen LogP contribution in [0, 0.1) is 5.92 Å². The van der Waals surface area contributed by atoms with Gasteiger partial charge in [-0.05, 0) is 65.0 Å². The van der Waals surface area contributed by atoms with E-state index in [2.05, 4.69) is 10.0 Å². The second-order valence-corrected chi connectivity index (χ2v) is 12.7. The van der Waals surface area contributed by atoms with E-state index in [1.807, 2.05) is 27.7 Å². The summed E-state index contributed by atoms with van der Waals surface area (Å²) in [4.78, 5) is -0.657. The molecule has 1 aromatic carbocycles. The zero-order chi connectivity index (χ0) is 22.0. The van der Waals surface area contributed by atoms with E-state index >= 15 is 0 Å². The van der Waals surface area contributed by atoms with E-state index in [1.165, 1.54) is 11.1 Å². The highest BCUT2D eigenvalue weighted by molar-refractivity contribution is 7.90. The SMILES string of the molecule is CC1(C)CC(CC2Nc3cc(Cl)c(S(N)(=O)=O)cc3S(=O)(=O)N2)CC(C)(C)N1O. The normalized spacial score (nSPS) is 26.5. The summed E-state index contributed by atoms with van der Waals surface area (Å²) in [5.74, 6) is 0.143. The molecule has 1 saturated heterocycles. The number of benzene rings is 1. The lowest BCUT2D eigenvalue weighted by Crippen LogP contribution is -2.59. The van der Waals surface area contributed by atoms with Crippen molar-refractivity contribution in [3.05, 3.63) is 17.2 Å². The van der Waals surface area contributed by atoms with Crippen LogP contribution in [0.1, 0.15) is 47.0 Å². The molecule has 9 nitrogen and oxygen atoms in total. The third-order valence-electron chi connectivity index (χ3n) is 5.55. The van der Waals surface area contributed by atoms with Crippen molar-refractivity contribution >= 4 is 37.3 Å². The Hall–Kier alpha value is -0.950. The largest absolute Gasteiger partial charge is 0.368 e. The highest BCUT2D eigenvalue weighted by atomic mass is 35.5. The van der Waals surface area contributed by atoms with Crippen LogP contribution in [-0.2, 0) is 20.0 Å². The maximum Gasteiger partial charge on any atom is 0.244 e. The van der Waals surface area contributed by atoms with Gasteiger partial charge in [0.2, 0.25) is 20.0 Å². The molecule has 0 aromatic heterocycles. The summed E-state index contributed by atoms with van der Waals surface area (Å²) in [7, 11) is -8.13. The molecule has 0 bridgehead atoms. The van der Waals surface area contributed by atoms with Gasteiger partial charge in [0.15, 0.2) is 0 Å². The van der Waals surface area contributed by atoms with Crippen molar-refractivity contribution in [2.75, 3.05) is 5.32 Å². The van der Waals surface area contributed by atoms with Crippen molar-refractivity contribution in [2.45, 2.75) is 74.0 Å². The molecule has 0 spiro atoms. The smallest absolute Gasteiger partial charge is 0.244 e. The van der Waals surface area contributed by atoms with Gasteiger partial charge < -0.3 is 10.5 Å². The van der Waals surface area contributed by atoms with Crippen LogP contribution in [0.2, 0.25) is 5.02 Å². The minimum absolute atomic E-state index is 0.143. The number of nitrogens with two attached hydrogens (primary N) is 1. The van der Waals surface area contributed by atoms with E-state index in [1.54, 1.807) is 0 Å². The lowest BCUT2D eigenvalue weighted by molar-refractivity contribution is -0.251. The Labute approximate surface area is 176 Å². The van der Waals surface area contributed by atoms with Gasteiger partial charge in [0.25, 0.3) is 0 Å².